The van der Waals surface area contributed by atoms with E-state index in [-0.39, 0.29) is 0 Å². The average molecular weight is 260 g/mol. The molecule has 4 heteroatoms. The van der Waals surface area contributed by atoms with E-state index >= 15 is 0 Å². The van der Waals surface area contributed by atoms with Crippen molar-refractivity contribution in [3.63, 3.8) is 0 Å². The van der Waals surface area contributed by atoms with Gasteiger partial charge in [-0.05, 0) is 19.3 Å². The highest BCUT2D eigenvalue weighted by Crippen LogP contribution is 2.33. The second-order valence-corrected chi connectivity index (χ2v) is 7.26. The molecule has 0 atom stereocenters. The molecular weight excluding hydrogens is 232 g/mol. The molecule has 0 aromatic rings. The molecule has 0 aliphatic carbocycles. The van der Waals surface area contributed by atoms with E-state index in [0.717, 1.165) is 32.1 Å². The third-order valence-corrected chi connectivity index (χ3v) is 6.09. The maximum absolute atomic E-state index is 5.85. The monoisotopic (exact) mass is 260 g/mol. The van der Waals surface area contributed by atoms with Gasteiger partial charge in [0, 0.05) is 19.8 Å². The third kappa shape index (κ3) is 5.23. The Morgan fingerprint density at radius 3 is 1.88 bits per heavy atom. The molecule has 0 aliphatic heterocycles. The molecule has 0 spiro atoms. The lowest BCUT2D eigenvalue weighted by atomic mass is 10.1. The molecule has 0 saturated carbocycles. The smallest absolute Gasteiger partial charge is 0.508 e. The first-order chi connectivity index (χ1) is 8.20. The first-order valence-electron chi connectivity index (χ1n) is 6.63. The van der Waals surface area contributed by atoms with E-state index in [1.807, 2.05) is 6.08 Å². The lowest BCUT2D eigenvalue weighted by molar-refractivity contribution is 0.123. The van der Waals surface area contributed by atoms with Crippen molar-refractivity contribution in [2.24, 2.45) is 0 Å². The van der Waals surface area contributed by atoms with Crippen molar-refractivity contribution >= 4 is 8.80 Å². The summed E-state index contributed by atoms with van der Waals surface area (Å²) >= 11 is 0. The molecule has 0 amide bonds. The normalized spacial score (nSPS) is 12.6. The standard InChI is InChI=1S/C13H28O3Si/c1-6-9-12-16-17(14-4,15-5)13(10-7-2)11-8-3/h9,12-13H,6-8,10-11H2,1-5H3. The van der Waals surface area contributed by atoms with Crippen LogP contribution in [0.1, 0.15) is 52.9 Å². The van der Waals surface area contributed by atoms with Crippen LogP contribution >= 0.6 is 0 Å². The van der Waals surface area contributed by atoms with Crippen molar-refractivity contribution in [2.45, 2.75) is 58.4 Å². The van der Waals surface area contributed by atoms with E-state index in [1.165, 1.54) is 0 Å². The second-order valence-electron chi connectivity index (χ2n) is 4.18. The molecule has 102 valence electrons. The Labute approximate surface area is 108 Å². The van der Waals surface area contributed by atoms with Gasteiger partial charge >= 0.3 is 8.80 Å². The van der Waals surface area contributed by atoms with Crippen LogP contribution in [0.4, 0.5) is 0 Å². The largest absolute Gasteiger partial charge is 0.568 e. The van der Waals surface area contributed by atoms with Crippen molar-refractivity contribution in [3.05, 3.63) is 12.3 Å². The van der Waals surface area contributed by atoms with Crippen LogP contribution in [0.5, 0.6) is 0 Å². The highest BCUT2D eigenvalue weighted by atomic mass is 28.4. The predicted molar refractivity (Wildman–Crippen MR) is 73.9 cm³/mol. The first-order valence-corrected chi connectivity index (χ1v) is 8.43. The topological polar surface area (TPSA) is 27.7 Å². The quantitative estimate of drug-likeness (QED) is 0.436. The number of rotatable bonds is 10. The maximum atomic E-state index is 5.85. The van der Waals surface area contributed by atoms with Gasteiger partial charge in [0.25, 0.3) is 0 Å². The van der Waals surface area contributed by atoms with E-state index in [0.29, 0.717) is 5.54 Å². The molecule has 0 fully saturated rings. The summed E-state index contributed by atoms with van der Waals surface area (Å²) in [6.45, 7) is 6.46. The Morgan fingerprint density at radius 1 is 1.00 bits per heavy atom. The average Bonchev–Trinajstić information content (AvgIpc) is 2.35. The van der Waals surface area contributed by atoms with Gasteiger partial charge in [0.05, 0.1) is 6.26 Å². The molecule has 0 rings (SSSR count). The van der Waals surface area contributed by atoms with Crippen LogP contribution in [-0.2, 0) is 13.3 Å². The summed E-state index contributed by atoms with van der Waals surface area (Å²) in [5, 5.41) is 0. The zero-order valence-corrected chi connectivity index (χ0v) is 13.0. The lowest BCUT2D eigenvalue weighted by Crippen LogP contribution is -2.47. The summed E-state index contributed by atoms with van der Waals surface area (Å²) in [7, 11) is 0.866. The van der Waals surface area contributed by atoms with E-state index < -0.39 is 8.80 Å². The fourth-order valence-corrected chi connectivity index (χ4v) is 4.83. The number of hydrogen-bond acceptors (Lipinski definition) is 3. The Morgan fingerprint density at radius 2 is 1.53 bits per heavy atom. The molecule has 0 heterocycles. The lowest BCUT2D eigenvalue weighted by Gasteiger charge is -2.32. The minimum absolute atomic E-state index is 0.397. The maximum Gasteiger partial charge on any atom is 0.568 e. The van der Waals surface area contributed by atoms with Gasteiger partial charge in [-0.1, -0.05) is 39.7 Å². The number of hydrogen-bond donors (Lipinski definition) is 0. The Kier molecular flexibility index (Phi) is 9.50. The molecule has 0 N–H and O–H groups in total. The molecule has 0 unspecified atom stereocenters. The summed E-state index contributed by atoms with van der Waals surface area (Å²) in [6, 6.07) is 0. The van der Waals surface area contributed by atoms with E-state index in [9.17, 15) is 0 Å². The first kappa shape index (κ1) is 16.7. The van der Waals surface area contributed by atoms with Crippen LogP contribution in [0.25, 0.3) is 0 Å². The molecule has 0 saturated heterocycles. The van der Waals surface area contributed by atoms with Gasteiger partial charge in [-0.3, -0.25) is 0 Å². The molecule has 0 aliphatic rings. The van der Waals surface area contributed by atoms with E-state index in [1.54, 1.807) is 20.5 Å². The van der Waals surface area contributed by atoms with Gasteiger partial charge in [-0.15, -0.1) is 0 Å². The minimum atomic E-state index is -2.54. The van der Waals surface area contributed by atoms with Crippen LogP contribution < -0.4 is 0 Å². The summed E-state index contributed by atoms with van der Waals surface area (Å²) in [5.74, 6) is 0. The molecule has 0 aromatic carbocycles. The SMILES string of the molecule is CCC=CO[Si](OC)(OC)C(CCC)CCC. The van der Waals surface area contributed by atoms with Gasteiger partial charge in [0.2, 0.25) is 0 Å². The Bertz CT molecular complexity index is 197. The Hall–Kier alpha value is -0.323. The van der Waals surface area contributed by atoms with Gasteiger partial charge in [-0.25, -0.2) is 0 Å². The molecule has 0 aromatic heterocycles. The van der Waals surface area contributed by atoms with Crippen molar-refractivity contribution in [1.82, 2.24) is 0 Å². The van der Waals surface area contributed by atoms with Crippen LogP contribution in [0, 0.1) is 0 Å². The van der Waals surface area contributed by atoms with Gasteiger partial charge in [0.15, 0.2) is 0 Å². The molecule has 3 nitrogen and oxygen atoms in total. The Balaban J connectivity index is 4.76. The third-order valence-electron chi connectivity index (χ3n) is 2.91. The van der Waals surface area contributed by atoms with Crippen molar-refractivity contribution in [2.75, 3.05) is 14.2 Å². The van der Waals surface area contributed by atoms with E-state index in [2.05, 4.69) is 20.8 Å². The van der Waals surface area contributed by atoms with Crippen molar-refractivity contribution in [3.8, 4) is 0 Å². The molecule has 0 bridgehead atoms. The van der Waals surface area contributed by atoms with Gasteiger partial charge < -0.3 is 13.3 Å². The van der Waals surface area contributed by atoms with Gasteiger partial charge in [0.1, 0.15) is 0 Å². The minimum Gasteiger partial charge on any atom is -0.508 e. The zero-order chi connectivity index (χ0) is 13.1. The van der Waals surface area contributed by atoms with Crippen LogP contribution in [0.15, 0.2) is 12.3 Å². The summed E-state index contributed by atoms with van der Waals surface area (Å²) in [6.07, 6.45) is 9.17. The van der Waals surface area contributed by atoms with Crippen LogP contribution in [0.3, 0.4) is 0 Å². The van der Waals surface area contributed by atoms with E-state index in [4.69, 9.17) is 13.3 Å². The van der Waals surface area contributed by atoms with Crippen LogP contribution in [0.2, 0.25) is 5.54 Å². The highest BCUT2D eigenvalue weighted by Gasteiger charge is 2.48. The fourth-order valence-electron chi connectivity index (χ4n) is 2.04. The zero-order valence-electron chi connectivity index (χ0n) is 12.0. The summed E-state index contributed by atoms with van der Waals surface area (Å²) in [5.41, 5.74) is 0.397. The van der Waals surface area contributed by atoms with Crippen LogP contribution in [-0.4, -0.2) is 23.0 Å². The molecular formula is C13H28O3Si. The highest BCUT2D eigenvalue weighted by molar-refractivity contribution is 6.62. The number of allylic oxidation sites excluding steroid dienone is 1. The van der Waals surface area contributed by atoms with Crippen molar-refractivity contribution in [1.29, 1.82) is 0 Å². The molecule has 0 radical (unpaired) electrons. The summed E-state index contributed by atoms with van der Waals surface area (Å²) in [4.78, 5) is 0. The fraction of sp³-hybridized carbons (Fsp3) is 0.846. The predicted octanol–water partition coefficient (Wildman–Crippen LogP) is 4.13. The van der Waals surface area contributed by atoms with Gasteiger partial charge in [-0.2, -0.15) is 0 Å². The summed E-state index contributed by atoms with van der Waals surface area (Å²) < 4.78 is 17.1. The second kappa shape index (κ2) is 9.68. The molecule has 17 heavy (non-hydrogen) atoms. The van der Waals surface area contributed by atoms with Crippen molar-refractivity contribution < 1.29 is 13.3 Å².